The Labute approximate surface area is 150 Å². The molecule has 24 heavy (non-hydrogen) atoms. The Morgan fingerprint density at radius 2 is 1.79 bits per heavy atom. The third-order valence-electron chi connectivity index (χ3n) is 4.27. The first kappa shape index (κ1) is 16.7. The molecule has 0 saturated heterocycles. The van der Waals surface area contributed by atoms with Crippen LogP contribution in [0.25, 0.3) is 11.3 Å². The Morgan fingerprint density at radius 3 is 2.42 bits per heavy atom. The number of halogens is 2. The van der Waals surface area contributed by atoms with Crippen molar-refractivity contribution < 1.29 is 4.39 Å². The summed E-state index contributed by atoms with van der Waals surface area (Å²) >= 11 is 3.52. The van der Waals surface area contributed by atoms with E-state index in [2.05, 4.69) is 52.5 Å². The number of rotatable bonds is 3. The van der Waals surface area contributed by atoms with E-state index in [0.29, 0.717) is 5.56 Å². The van der Waals surface area contributed by atoms with Crippen molar-refractivity contribution in [1.29, 1.82) is 0 Å². The van der Waals surface area contributed by atoms with E-state index in [-0.39, 0.29) is 5.82 Å². The molecule has 0 radical (unpaired) electrons. The van der Waals surface area contributed by atoms with Gasteiger partial charge < -0.3 is 4.90 Å². The van der Waals surface area contributed by atoms with E-state index in [0.717, 1.165) is 39.1 Å². The molecule has 0 saturated carbocycles. The quantitative estimate of drug-likeness (QED) is 0.604. The van der Waals surface area contributed by atoms with Gasteiger partial charge in [-0.25, -0.2) is 4.39 Å². The molecule has 122 valence electrons. The summed E-state index contributed by atoms with van der Waals surface area (Å²) in [5, 5.41) is 0. The minimum atomic E-state index is -0.244. The SMILES string of the molecule is C=C1C(C)=CC(c2ccccc2)=C(c2c(F)cccc2Br)N1CC. The molecule has 0 unspecified atom stereocenters. The van der Waals surface area contributed by atoms with Crippen molar-refractivity contribution in [3.8, 4) is 0 Å². The van der Waals surface area contributed by atoms with Crippen LogP contribution in [-0.2, 0) is 0 Å². The molecular weight excluding hydrogens is 365 g/mol. The van der Waals surface area contributed by atoms with E-state index in [1.165, 1.54) is 6.07 Å². The lowest BCUT2D eigenvalue weighted by Crippen LogP contribution is -2.25. The molecule has 3 heteroatoms. The first-order valence-corrected chi connectivity index (χ1v) is 8.73. The van der Waals surface area contributed by atoms with Gasteiger partial charge in [0.05, 0.1) is 5.70 Å². The molecule has 1 nitrogen and oxygen atoms in total. The van der Waals surface area contributed by atoms with Crippen LogP contribution in [0.1, 0.15) is 25.0 Å². The molecule has 0 atom stereocenters. The van der Waals surface area contributed by atoms with E-state index >= 15 is 0 Å². The first-order valence-electron chi connectivity index (χ1n) is 7.93. The van der Waals surface area contributed by atoms with E-state index in [1.807, 2.05) is 31.2 Å². The predicted octanol–water partition coefficient (Wildman–Crippen LogP) is 6.25. The minimum Gasteiger partial charge on any atom is -0.341 e. The molecule has 1 aliphatic heterocycles. The lowest BCUT2D eigenvalue weighted by Gasteiger charge is -2.35. The number of nitrogens with zero attached hydrogens (tertiary/aromatic N) is 1. The Morgan fingerprint density at radius 1 is 1.08 bits per heavy atom. The fourth-order valence-corrected chi connectivity index (χ4v) is 3.57. The zero-order valence-electron chi connectivity index (χ0n) is 13.8. The summed E-state index contributed by atoms with van der Waals surface area (Å²) in [7, 11) is 0. The van der Waals surface area contributed by atoms with Gasteiger partial charge in [-0.2, -0.15) is 0 Å². The largest absolute Gasteiger partial charge is 0.341 e. The summed E-state index contributed by atoms with van der Waals surface area (Å²) in [4.78, 5) is 2.08. The second kappa shape index (κ2) is 6.78. The highest BCUT2D eigenvalue weighted by molar-refractivity contribution is 9.10. The molecule has 0 fully saturated rings. The molecule has 0 N–H and O–H groups in total. The van der Waals surface area contributed by atoms with Crippen molar-refractivity contribution in [2.45, 2.75) is 13.8 Å². The third-order valence-corrected chi connectivity index (χ3v) is 4.93. The van der Waals surface area contributed by atoms with Gasteiger partial charge in [0.2, 0.25) is 0 Å². The standard InChI is InChI=1S/C21H19BrFN/c1-4-24-15(3)14(2)13-17(16-9-6-5-7-10-16)21(24)20-18(22)11-8-12-19(20)23/h5-13H,3-4H2,1-2H3. The molecule has 0 amide bonds. The van der Waals surface area contributed by atoms with Crippen molar-refractivity contribution in [3.05, 3.63) is 93.9 Å². The number of hydrogen-bond donors (Lipinski definition) is 0. The summed E-state index contributed by atoms with van der Waals surface area (Å²) in [6, 6.07) is 15.2. The summed E-state index contributed by atoms with van der Waals surface area (Å²) in [6.45, 7) is 9.01. The average Bonchev–Trinajstić information content (AvgIpc) is 2.58. The Balaban J connectivity index is 2.37. The summed E-state index contributed by atoms with van der Waals surface area (Å²) in [5.74, 6) is -0.244. The number of hydrogen-bond acceptors (Lipinski definition) is 1. The zero-order valence-corrected chi connectivity index (χ0v) is 15.4. The van der Waals surface area contributed by atoms with Crippen molar-refractivity contribution in [3.63, 3.8) is 0 Å². The maximum Gasteiger partial charge on any atom is 0.133 e. The fraction of sp³-hybridized carbons (Fsp3) is 0.143. The third kappa shape index (κ3) is 2.84. The molecule has 2 aromatic carbocycles. The summed E-state index contributed by atoms with van der Waals surface area (Å²) < 4.78 is 15.5. The topological polar surface area (TPSA) is 3.24 Å². The van der Waals surface area contributed by atoms with Gasteiger partial charge in [0.25, 0.3) is 0 Å². The van der Waals surface area contributed by atoms with Gasteiger partial charge in [-0.1, -0.05) is 43.0 Å². The van der Waals surface area contributed by atoms with Crippen LogP contribution in [0.2, 0.25) is 0 Å². The molecule has 1 heterocycles. The first-order chi connectivity index (χ1) is 11.5. The fourth-order valence-electron chi connectivity index (χ4n) is 3.04. The smallest absolute Gasteiger partial charge is 0.133 e. The highest BCUT2D eigenvalue weighted by atomic mass is 79.9. The van der Waals surface area contributed by atoms with Gasteiger partial charge in [-0.3, -0.25) is 0 Å². The molecule has 0 aromatic heterocycles. The second-order valence-electron chi connectivity index (χ2n) is 5.74. The summed E-state index contributed by atoms with van der Waals surface area (Å²) in [5.41, 5.74) is 5.49. The number of allylic oxidation sites excluding steroid dienone is 3. The van der Waals surface area contributed by atoms with Crippen molar-refractivity contribution in [2.75, 3.05) is 6.54 Å². The normalized spacial score (nSPS) is 14.9. The molecule has 0 spiro atoms. The van der Waals surface area contributed by atoms with Crippen LogP contribution >= 0.6 is 15.9 Å². The summed E-state index contributed by atoms with van der Waals surface area (Å²) in [6.07, 6.45) is 2.10. The number of benzene rings is 2. The number of likely N-dealkylation sites (N-methyl/N-ethyl adjacent to an activating group) is 1. The van der Waals surface area contributed by atoms with E-state index < -0.39 is 0 Å². The maximum absolute atomic E-state index is 14.7. The van der Waals surface area contributed by atoms with Crippen molar-refractivity contribution in [2.24, 2.45) is 0 Å². The van der Waals surface area contributed by atoms with Crippen molar-refractivity contribution in [1.82, 2.24) is 4.90 Å². The van der Waals surface area contributed by atoms with E-state index in [9.17, 15) is 4.39 Å². The van der Waals surface area contributed by atoms with Gasteiger partial charge in [0.1, 0.15) is 5.82 Å². The van der Waals surface area contributed by atoms with E-state index in [1.54, 1.807) is 6.07 Å². The molecular formula is C21H19BrFN. The Hall–Kier alpha value is -2.13. The average molecular weight is 384 g/mol. The predicted molar refractivity (Wildman–Crippen MR) is 103 cm³/mol. The highest BCUT2D eigenvalue weighted by Gasteiger charge is 2.26. The van der Waals surface area contributed by atoms with Crippen LogP contribution in [0, 0.1) is 5.82 Å². The van der Waals surface area contributed by atoms with Crippen LogP contribution < -0.4 is 0 Å². The van der Waals surface area contributed by atoms with Crippen LogP contribution in [0.15, 0.2) is 76.9 Å². The lowest BCUT2D eigenvalue weighted by molar-refractivity contribution is 0.516. The molecule has 2 aromatic rings. The van der Waals surface area contributed by atoms with Crippen LogP contribution in [-0.4, -0.2) is 11.4 Å². The minimum absolute atomic E-state index is 0.244. The van der Waals surface area contributed by atoms with Gasteiger partial charge in [0.15, 0.2) is 0 Å². The zero-order chi connectivity index (χ0) is 17.3. The molecule has 1 aliphatic rings. The van der Waals surface area contributed by atoms with E-state index in [4.69, 9.17) is 0 Å². The monoisotopic (exact) mass is 383 g/mol. The van der Waals surface area contributed by atoms with Gasteiger partial charge in [0, 0.05) is 27.9 Å². The van der Waals surface area contributed by atoms with Gasteiger partial charge >= 0.3 is 0 Å². The van der Waals surface area contributed by atoms with Gasteiger partial charge in [-0.05, 0) is 59.1 Å². The Bertz CT molecular complexity index is 829. The van der Waals surface area contributed by atoms with Crippen molar-refractivity contribution >= 4 is 27.2 Å². The molecule has 0 bridgehead atoms. The highest BCUT2D eigenvalue weighted by Crippen LogP contribution is 2.42. The molecule has 0 aliphatic carbocycles. The lowest BCUT2D eigenvalue weighted by atomic mass is 9.92. The van der Waals surface area contributed by atoms with Crippen LogP contribution in [0.4, 0.5) is 4.39 Å². The maximum atomic E-state index is 14.7. The second-order valence-corrected chi connectivity index (χ2v) is 6.60. The molecule has 3 rings (SSSR count). The van der Waals surface area contributed by atoms with Crippen LogP contribution in [0.3, 0.4) is 0 Å². The van der Waals surface area contributed by atoms with Crippen LogP contribution in [0.5, 0.6) is 0 Å². The van der Waals surface area contributed by atoms with Gasteiger partial charge in [-0.15, -0.1) is 0 Å². The Kier molecular flexibility index (Phi) is 4.72.